The number of aliphatic carboxylic acids is 1. The van der Waals surface area contributed by atoms with Crippen molar-refractivity contribution in [2.45, 2.75) is 38.3 Å². The Balaban J connectivity index is 1.44. The van der Waals surface area contributed by atoms with Gasteiger partial charge in [-0.15, -0.1) is 0 Å². The molecule has 9 heteroatoms. The molecule has 0 atom stereocenters. The van der Waals surface area contributed by atoms with Gasteiger partial charge in [0.15, 0.2) is 0 Å². The lowest BCUT2D eigenvalue weighted by atomic mass is 10.0. The van der Waals surface area contributed by atoms with Crippen molar-refractivity contribution < 1.29 is 38.1 Å². The van der Waals surface area contributed by atoms with Crippen molar-refractivity contribution in [2.75, 3.05) is 20.2 Å². The van der Waals surface area contributed by atoms with E-state index in [0.29, 0.717) is 50.2 Å². The van der Waals surface area contributed by atoms with E-state index in [1.807, 2.05) is 24.3 Å². The summed E-state index contributed by atoms with van der Waals surface area (Å²) in [4.78, 5) is 24.3. The molecule has 0 heterocycles. The second-order valence-corrected chi connectivity index (χ2v) is 10.4. The molecular weight excluding hydrogens is 568 g/mol. The highest BCUT2D eigenvalue weighted by Crippen LogP contribution is 2.35. The average Bonchev–Trinajstić information content (AvgIpc) is 3.02. The Labute approximate surface area is 255 Å². The molecule has 4 aromatic carbocycles. The molecule has 0 aromatic heterocycles. The van der Waals surface area contributed by atoms with Gasteiger partial charge in [-0.25, -0.2) is 4.79 Å². The molecule has 0 fully saturated rings. The number of hydrogen-bond acceptors (Lipinski definition) is 5. The predicted molar refractivity (Wildman–Crippen MR) is 163 cm³/mol. The summed E-state index contributed by atoms with van der Waals surface area (Å²) in [7, 11) is 1.58. The van der Waals surface area contributed by atoms with E-state index in [1.165, 1.54) is 30.3 Å². The number of nitrogens with zero attached hydrogens (tertiary/aromatic N) is 1. The summed E-state index contributed by atoms with van der Waals surface area (Å²) in [5.41, 5.74) is 3.07. The lowest BCUT2D eigenvalue weighted by Gasteiger charge is -2.24. The van der Waals surface area contributed by atoms with E-state index in [4.69, 9.17) is 14.6 Å². The van der Waals surface area contributed by atoms with Gasteiger partial charge in [-0.2, -0.15) is 8.78 Å². The summed E-state index contributed by atoms with van der Waals surface area (Å²) in [6, 6.07) is 26.6. The van der Waals surface area contributed by atoms with Gasteiger partial charge in [-0.1, -0.05) is 54.6 Å². The van der Waals surface area contributed by atoms with Gasteiger partial charge in [0.1, 0.15) is 11.5 Å². The van der Waals surface area contributed by atoms with Crippen LogP contribution in [0.1, 0.15) is 46.3 Å². The van der Waals surface area contributed by atoms with Crippen molar-refractivity contribution in [1.82, 2.24) is 4.90 Å². The van der Waals surface area contributed by atoms with Gasteiger partial charge >= 0.3 is 18.0 Å². The molecule has 0 aliphatic carbocycles. The van der Waals surface area contributed by atoms with Gasteiger partial charge in [0, 0.05) is 19.5 Å². The molecule has 0 saturated carbocycles. The molecule has 0 unspecified atom stereocenters. The second-order valence-electron chi connectivity index (χ2n) is 10.4. The first-order chi connectivity index (χ1) is 21.1. The number of methoxy groups -OCH3 is 1. The van der Waals surface area contributed by atoms with Gasteiger partial charge in [0.25, 0.3) is 0 Å². The molecule has 44 heavy (non-hydrogen) atoms. The number of benzene rings is 4. The van der Waals surface area contributed by atoms with Crippen LogP contribution in [0.2, 0.25) is 0 Å². The largest absolute Gasteiger partial charge is 0.497 e. The third kappa shape index (κ3) is 9.12. The molecule has 0 saturated heterocycles. The first-order valence-corrected chi connectivity index (χ1v) is 14.3. The summed E-state index contributed by atoms with van der Waals surface area (Å²) in [5.74, 6) is -1.08. The molecule has 4 rings (SSSR count). The second kappa shape index (κ2) is 15.1. The van der Waals surface area contributed by atoms with Gasteiger partial charge in [0.2, 0.25) is 0 Å². The van der Waals surface area contributed by atoms with Crippen molar-refractivity contribution in [1.29, 1.82) is 0 Å². The van der Waals surface area contributed by atoms with Gasteiger partial charge < -0.3 is 19.7 Å². The van der Waals surface area contributed by atoms with Crippen molar-refractivity contribution in [3.8, 4) is 22.6 Å². The maximum absolute atomic E-state index is 15.4. The van der Waals surface area contributed by atoms with Crippen molar-refractivity contribution in [3.63, 3.8) is 0 Å². The highest BCUT2D eigenvalue weighted by molar-refractivity contribution is 5.87. The highest BCUT2D eigenvalue weighted by atomic mass is 19.3. The summed E-state index contributed by atoms with van der Waals surface area (Å²) in [6.07, 6.45) is -1.95. The number of unbranched alkanes of at least 4 members (excludes halogenated alkanes) is 1. The molecule has 0 aliphatic heterocycles. The third-order valence-electron chi connectivity index (χ3n) is 7.27. The molecule has 230 valence electrons. The first kappa shape index (κ1) is 32.2. The fourth-order valence-electron chi connectivity index (χ4n) is 4.82. The van der Waals surface area contributed by atoms with E-state index in [0.717, 1.165) is 16.7 Å². The number of hydrogen-bond donors (Lipinski definition) is 2. The monoisotopic (exact) mass is 603 g/mol. The van der Waals surface area contributed by atoms with E-state index < -0.39 is 18.0 Å². The van der Waals surface area contributed by atoms with E-state index in [2.05, 4.69) is 4.90 Å². The van der Waals surface area contributed by atoms with Crippen LogP contribution in [-0.4, -0.2) is 47.3 Å². The van der Waals surface area contributed by atoms with E-state index >= 15 is 8.78 Å². The van der Waals surface area contributed by atoms with Gasteiger partial charge in [0.05, 0.1) is 18.2 Å². The van der Waals surface area contributed by atoms with Crippen LogP contribution in [0.15, 0.2) is 97.1 Å². The fraction of sp³-hybridized carbons (Fsp3) is 0.257. The van der Waals surface area contributed by atoms with Crippen LogP contribution in [0.25, 0.3) is 11.1 Å². The minimum absolute atomic E-state index is 0.0635. The van der Waals surface area contributed by atoms with E-state index in [1.54, 1.807) is 49.6 Å². The van der Waals surface area contributed by atoms with Crippen LogP contribution in [0.5, 0.6) is 11.5 Å². The molecule has 0 bridgehead atoms. The number of ether oxygens (including phenoxy) is 2. The zero-order valence-electron chi connectivity index (χ0n) is 24.4. The Hall–Kier alpha value is -4.76. The lowest BCUT2D eigenvalue weighted by Crippen LogP contribution is -2.27. The number of halogens is 2. The number of para-hydroxylation sites is 1. The Morgan fingerprint density at radius 3 is 2.05 bits per heavy atom. The fourth-order valence-corrected chi connectivity index (χ4v) is 4.82. The summed E-state index contributed by atoms with van der Waals surface area (Å²) < 4.78 is 41.2. The predicted octanol–water partition coefficient (Wildman–Crippen LogP) is 7.49. The quantitative estimate of drug-likeness (QED) is 0.128. The van der Waals surface area contributed by atoms with Crippen molar-refractivity contribution in [2.24, 2.45) is 0 Å². The summed E-state index contributed by atoms with van der Waals surface area (Å²) in [5, 5.41) is 18.2. The summed E-state index contributed by atoms with van der Waals surface area (Å²) in [6.45, 7) is 1.58. The van der Waals surface area contributed by atoms with Crippen LogP contribution in [0.3, 0.4) is 0 Å². The smallest absolute Gasteiger partial charge is 0.426 e. The molecule has 0 radical (unpaired) electrons. The first-order valence-electron chi connectivity index (χ1n) is 14.3. The molecule has 2 N–H and O–H groups in total. The molecule has 0 spiro atoms. The lowest BCUT2D eigenvalue weighted by molar-refractivity contribution is -0.185. The minimum atomic E-state index is -3.57. The molecular formula is C35H35F2NO6. The molecule has 0 amide bonds. The maximum atomic E-state index is 15.4. The number of rotatable bonds is 16. The minimum Gasteiger partial charge on any atom is -0.497 e. The number of carboxylic acid groups (broad SMARTS) is 2. The number of carbonyl (C=O) groups is 2. The molecule has 4 aromatic rings. The number of aromatic carboxylic acids is 1. The van der Waals surface area contributed by atoms with Crippen LogP contribution in [0, 0.1) is 0 Å². The number of alkyl halides is 2. The Morgan fingerprint density at radius 1 is 0.795 bits per heavy atom. The topological polar surface area (TPSA) is 96.3 Å². The Bertz CT molecular complexity index is 1520. The number of carboxylic acids is 2. The zero-order valence-corrected chi connectivity index (χ0v) is 24.4. The van der Waals surface area contributed by atoms with Crippen LogP contribution in [0.4, 0.5) is 8.78 Å². The van der Waals surface area contributed by atoms with Crippen LogP contribution >= 0.6 is 0 Å². The van der Waals surface area contributed by atoms with Crippen LogP contribution < -0.4 is 9.47 Å². The molecule has 7 nitrogen and oxygen atoms in total. The van der Waals surface area contributed by atoms with Gasteiger partial charge in [-0.05, 0) is 90.5 Å². The van der Waals surface area contributed by atoms with E-state index in [9.17, 15) is 14.7 Å². The van der Waals surface area contributed by atoms with Crippen molar-refractivity contribution >= 4 is 11.9 Å². The molecule has 0 aliphatic rings. The maximum Gasteiger partial charge on any atom is 0.426 e. The summed E-state index contributed by atoms with van der Waals surface area (Å²) >= 11 is 0. The Morgan fingerprint density at radius 2 is 1.43 bits per heavy atom. The van der Waals surface area contributed by atoms with Gasteiger partial charge in [-0.3, -0.25) is 9.69 Å². The normalized spacial score (nSPS) is 11.4. The van der Waals surface area contributed by atoms with Crippen molar-refractivity contribution in [3.05, 3.63) is 119 Å². The highest BCUT2D eigenvalue weighted by Gasteiger charge is 2.35. The van der Waals surface area contributed by atoms with E-state index in [-0.39, 0.29) is 23.3 Å². The zero-order chi connectivity index (χ0) is 31.5. The average molecular weight is 604 g/mol. The third-order valence-corrected chi connectivity index (χ3v) is 7.27. The standard InChI is InChI=1S/C35H35F2NO6/c1-43-31-19-15-27(16-20-31)26-13-17-30(18-14-26)35(36,37)44-32-7-3-2-6-28(32)21-23-38(22-5-4-8-33(39)40)24-25-9-11-29(12-10-25)34(41)42/h2-3,6-7,9-20H,4-5,8,21-24H2,1H3,(H,39,40)(H,41,42). The SMILES string of the molecule is COc1ccc(-c2ccc(C(F)(F)Oc3ccccc3CCN(CCCCC(=O)O)Cc3ccc(C(=O)O)cc3)cc2)cc1. The Kier molecular flexibility index (Phi) is 11.0. The van der Waals surface area contributed by atoms with Crippen LogP contribution in [-0.2, 0) is 23.9 Å².